The van der Waals surface area contributed by atoms with Crippen molar-refractivity contribution in [1.82, 2.24) is 10.4 Å². The number of benzene rings is 1. The Morgan fingerprint density at radius 1 is 1.27 bits per heavy atom. The molecule has 2 aliphatic heterocycles. The minimum Gasteiger partial charge on any atom is -0.338 e. The molecule has 1 aromatic heterocycles. The average molecular weight is 317 g/mol. The van der Waals surface area contributed by atoms with Gasteiger partial charge < -0.3 is 10.3 Å². The van der Waals surface area contributed by atoms with Gasteiger partial charge in [-0.25, -0.2) is 0 Å². The van der Waals surface area contributed by atoms with Crippen LogP contribution in [-0.2, 0) is 6.42 Å². The predicted molar refractivity (Wildman–Crippen MR) is 85.1 cm³/mol. The van der Waals surface area contributed by atoms with Gasteiger partial charge in [0.25, 0.3) is 5.56 Å². The highest BCUT2D eigenvalue weighted by Crippen LogP contribution is 2.55. The van der Waals surface area contributed by atoms with Crippen LogP contribution >= 0.6 is 10.6 Å². The van der Waals surface area contributed by atoms with Crippen molar-refractivity contribution in [3.05, 3.63) is 51.9 Å². The monoisotopic (exact) mass is 317 g/mol. The summed E-state index contributed by atoms with van der Waals surface area (Å²) in [7, 11) is -2.64. The quantitative estimate of drug-likeness (QED) is 0.645. The molecule has 2 aliphatic rings. The van der Waals surface area contributed by atoms with Crippen LogP contribution in [0.25, 0.3) is 0 Å². The fraction of sp³-hybridized carbons (Fsp3) is 0.143. The normalized spacial score (nSPS) is 18.9. The van der Waals surface area contributed by atoms with Crippen molar-refractivity contribution in [2.45, 2.75) is 11.3 Å². The maximum absolute atomic E-state index is 11.9. The Morgan fingerprint density at radius 2 is 2.14 bits per heavy atom. The second-order valence-corrected chi connectivity index (χ2v) is 7.37. The number of pyridine rings is 1. The van der Waals surface area contributed by atoms with Crippen molar-refractivity contribution in [2.24, 2.45) is 5.10 Å². The molecule has 0 spiro atoms. The van der Waals surface area contributed by atoms with Gasteiger partial charge in [0.05, 0.1) is 4.90 Å². The number of H-pyrrole nitrogens is 1. The number of aromatic amines is 1. The summed E-state index contributed by atoms with van der Waals surface area (Å²) < 4.78 is 19.8. The minimum atomic E-state index is -2.64. The molecule has 0 amide bonds. The first-order valence-corrected chi connectivity index (χ1v) is 8.43. The Morgan fingerprint density at radius 3 is 3.00 bits per heavy atom. The lowest BCUT2D eigenvalue weighted by Gasteiger charge is -2.27. The number of amidine groups is 1. The van der Waals surface area contributed by atoms with E-state index in [-0.39, 0.29) is 5.56 Å². The van der Waals surface area contributed by atoms with Gasteiger partial charge in [-0.3, -0.25) is 13.9 Å². The highest BCUT2D eigenvalue weighted by Gasteiger charge is 2.27. The SMILES string of the molecule is O=c1[nH]ccc2c1C(Nc1ccc3c(c1)CCS3(O)O)=N[N]2. The largest absolute Gasteiger partial charge is 0.338 e. The molecule has 22 heavy (non-hydrogen) atoms. The highest BCUT2D eigenvalue weighted by atomic mass is 32.3. The Hall–Kier alpha value is -2.29. The molecular formula is C14H13N4O3S. The smallest absolute Gasteiger partial charge is 0.261 e. The first-order valence-electron chi connectivity index (χ1n) is 6.71. The van der Waals surface area contributed by atoms with E-state index in [9.17, 15) is 13.9 Å². The lowest BCUT2D eigenvalue weighted by atomic mass is 10.1. The molecule has 0 saturated carbocycles. The molecule has 4 N–H and O–H groups in total. The number of rotatable bonds is 1. The maximum atomic E-state index is 11.9. The van der Waals surface area contributed by atoms with E-state index < -0.39 is 10.6 Å². The van der Waals surface area contributed by atoms with E-state index in [1.165, 1.54) is 6.20 Å². The molecule has 0 atom stereocenters. The van der Waals surface area contributed by atoms with Crippen molar-refractivity contribution < 1.29 is 9.11 Å². The molecule has 3 heterocycles. The maximum Gasteiger partial charge on any atom is 0.261 e. The predicted octanol–water partition coefficient (Wildman–Crippen LogP) is 2.06. The van der Waals surface area contributed by atoms with Gasteiger partial charge in [0.1, 0.15) is 11.3 Å². The Labute approximate surface area is 127 Å². The summed E-state index contributed by atoms with van der Waals surface area (Å²) in [6.07, 6.45) is 2.16. The van der Waals surface area contributed by atoms with Crippen molar-refractivity contribution >= 4 is 27.8 Å². The molecule has 0 fully saturated rings. The molecule has 2 aromatic rings. The van der Waals surface area contributed by atoms with Gasteiger partial charge in [-0.1, -0.05) is 0 Å². The number of aromatic nitrogens is 1. The Kier molecular flexibility index (Phi) is 2.80. The number of fused-ring (bicyclic) bond motifs is 2. The third-order valence-corrected chi connectivity index (χ3v) is 5.64. The van der Waals surface area contributed by atoms with Gasteiger partial charge in [-0.2, -0.15) is 10.6 Å². The van der Waals surface area contributed by atoms with Gasteiger partial charge in [0.2, 0.25) is 0 Å². The van der Waals surface area contributed by atoms with Crippen molar-refractivity contribution in [3.63, 3.8) is 0 Å². The lowest BCUT2D eigenvalue weighted by Crippen LogP contribution is -2.21. The summed E-state index contributed by atoms with van der Waals surface area (Å²) in [6, 6.07) is 7.00. The van der Waals surface area contributed by atoms with Crippen LogP contribution < -0.4 is 16.3 Å². The molecule has 0 unspecified atom stereocenters. The molecule has 113 valence electrons. The van der Waals surface area contributed by atoms with E-state index in [4.69, 9.17) is 0 Å². The van der Waals surface area contributed by atoms with Crippen LogP contribution in [0, 0.1) is 0 Å². The van der Waals surface area contributed by atoms with Crippen LogP contribution in [0.4, 0.5) is 11.4 Å². The topological polar surface area (TPSA) is 112 Å². The molecule has 0 aliphatic carbocycles. The first kappa shape index (κ1) is 13.4. The average Bonchev–Trinajstić information content (AvgIpc) is 3.02. The number of hydrogen-bond donors (Lipinski definition) is 4. The zero-order chi connectivity index (χ0) is 15.3. The number of nitrogens with one attached hydrogen (secondary N) is 2. The van der Waals surface area contributed by atoms with Crippen LogP contribution in [0.1, 0.15) is 11.1 Å². The number of hydrogen-bond acceptors (Lipinski definition) is 5. The summed E-state index contributed by atoms with van der Waals surface area (Å²) in [5.41, 5.74) is 6.29. The molecule has 1 radical (unpaired) electrons. The second-order valence-electron chi connectivity index (χ2n) is 5.18. The van der Waals surface area contributed by atoms with E-state index >= 15 is 0 Å². The Bertz CT molecular complexity index is 859. The summed E-state index contributed by atoms with van der Waals surface area (Å²) >= 11 is 0. The number of aryl methyl sites for hydroxylation is 1. The van der Waals surface area contributed by atoms with E-state index in [0.29, 0.717) is 34.2 Å². The summed E-state index contributed by atoms with van der Waals surface area (Å²) in [5.74, 6) is 0.756. The molecule has 7 nitrogen and oxygen atoms in total. The van der Waals surface area contributed by atoms with E-state index in [1.54, 1.807) is 18.2 Å². The fourth-order valence-corrected chi connectivity index (χ4v) is 4.28. The molecule has 0 saturated heterocycles. The minimum absolute atomic E-state index is 0.250. The number of nitrogens with zero attached hydrogens (tertiary/aromatic N) is 2. The van der Waals surface area contributed by atoms with E-state index in [1.807, 2.05) is 6.07 Å². The standard InChI is InChI=1S/C14H13N4O3S/c19-14-12-10(3-5-15-14)17-18-13(12)16-9-1-2-11-8(7-9)4-6-22(11,20)21/h1-3,5,7,20-21H,4,6H2,(H,15,19)(H,16,18). The van der Waals surface area contributed by atoms with Crippen molar-refractivity contribution in [3.8, 4) is 0 Å². The van der Waals surface area contributed by atoms with Crippen LogP contribution in [0.15, 0.2) is 45.3 Å². The highest BCUT2D eigenvalue weighted by molar-refractivity contribution is 8.24. The van der Waals surface area contributed by atoms with Crippen molar-refractivity contribution in [1.29, 1.82) is 0 Å². The molecule has 8 heteroatoms. The molecule has 0 bridgehead atoms. The van der Waals surface area contributed by atoms with Crippen molar-refractivity contribution in [2.75, 3.05) is 11.1 Å². The zero-order valence-electron chi connectivity index (χ0n) is 11.4. The third kappa shape index (κ3) is 2.00. The molecular weight excluding hydrogens is 304 g/mol. The molecule has 1 aromatic carbocycles. The van der Waals surface area contributed by atoms with Crippen LogP contribution in [0.2, 0.25) is 0 Å². The van der Waals surface area contributed by atoms with E-state index in [0.717, 1.165) is 11.3 Å². The summed E-state index contributed by atoms with van der Waals surface area (Å²) in [5, 5.41) is 7.08. The van der Waals surface area contributed by atoms with Crippen LogP contribution in [-0.4, -0.2) is 25.7 Å². The van der Waals surface area contributed by atoms with Crippen LogP contribution in [0.3, 0.4) is 0 Å². The van der Waals surface area contributed by atoms with Crippen LogP contribution in [0.5, 0.6) is 0 Å². The first-order chi connectivity index (χ1) is 10.5. The van der Waals surface area contributed by atoms with Gasteiger partial charge in [0, 0.05) is 17.6 Å². The third-order valence-electron chi connectivity index (χ3n) is 3.76. The summed E-state index contributed by atoms with van der Waals surface area (Å²) in [6.45, 7) is 0. The Balaban J connectivity index is 1.66. The summed E-state index contributed by atoms with van der Waals surface area (Å²) in [4.78, 5) is 15.1. The van der Waals surface area contributed by atoms with Gasteiger partial charge in [-0.15, -0.1) is 10.5 Å². The zero-order valence-corrected chi connectivity index (χ0v) is 12.2. The second kappa shape index (κ2) is 4.60. The fourth-order valence-electron chi connectivity index (χ4n) is 2.69. The van der Waals surface area contributed by atoms with E-state index in [2.05, 4.69) is 20.8 Å². The lowest BCUT2D eigenvalue weighted by molar-refractivity contribution is 0.492. The number of anilines is 1. The van der Waals surface area contributed by atoms with Gasteiger partial charge in [0.15, 0.2) is 5.84 Å². The van der Waals surface area contributed by atoms with Gasteiger partial charge in [-0.05, 0) is 36.2 Å². The molecule has 4 rings (SSSR count). The van der Waals surface area contributed by atoms with Gasteiger partial charge >= 0.3 is 0 Å².